The van der Waals surface area contributed by atoms with Gasteiger partial charge in [-0.05, 0) is 18.6 Å². The average Bonchev–Trinajstić information content (AvgIpc) is 2.54. The summed E-state index contributed by atoms with van der Waals surface area (Å²) in [5.74, 6) is -1.22. The van der Waals surface area contributed by atoms with Crippen molar-refractivity contribution in [1.82, 2.24) is 0 Å². The first kappa shape index (κ1) is 18.6. The minimum Gasteiger partial charge on any atom is -0.469 e. The Labute approximate surface area is 124 Å². The Hall–Kier alpha value is -2.37. The largest absolute Gasteiger partial charge is 0.469 e. The van der Waals surface area contributed by atoms with Crippen LogP contribution in [-0.4, -0.2) is 39.2 Å². The predicted molar refractivity (Wildman–Crippen MR) is 76.0 cm³/mol. The standard InChI is InChI=1S/C10H10O4.C5H10O2/c1-13-9(11)7-5-3-4-6-8(7)10(12)14-2;1-3-4-5(6)7-2/h3-6H,1-2H3;3-4H2,1-2H3. The van der Waals surface area contributed by atoms with Crippen molar-refractivity contribution in [2.24, 2.45) is 0 Å². The first-order valence-corrected chi connectivity index (χ1v) is 6.34. The fraction of sp³-hybridized carbons (Fsp3) is 0.400. The zero-order valence-electron chi connectivity index (χ0n) is 12.7. The number of methoxy groups -OCH3 is 3. The molecule has 0 amide bonds. The van der Waals surface area contributed by atoms with Gasteiger partial charge >= 0.3 is 17.9 Å². The second-order valence-corrected chi connectivity index (χ2v) is 3.85. The van der Waals surface area contributed by atoms with E-state index in [-0.39, 0.29) is 17.1 Å². The quantitative estimate of drug-likeness (QED) is 0.626. The number of rotatable bonds is 4. The molecule has 116 valence electrons. The lowest BCUT2D eigenvalue weighted by Gasteiger charge is -2.04. The van der Waals surface area contributed by atoms with Crippen molar-refractivity contribution < 1.29 is 28.6 Å². The Kier molecular flexibility index (Phi) is 9.25. The molecule has 1 aromatic carbocycles. The van der Waals surface area contributed by atoms with Crippen molar-refractivity contribution in [3.05, 3.63) is 35.4 Å². The zero-order chi connectivity index (χ0) is 16.3. The number of carbonyl (C=O) groups excluding carboxylic acids is 3. The summed E-state index contributed by atoms with van der Waals surface area (Å²) in [6.07, 6.45) is 1.41. The van der Waals surface area contributed by atoms with Crippen LogP contribution in [0.3, 0.4) is 0 Å². The third kappa shape index (κ3) is 6.56. The van der Waals surface area contributed by atoms with Gasteiger partial charge in [0, 0.05) is 6.42 Å². The highest BCUT2D eigenvalue weighted by Crippen LogP contribution is 2.10. The Morgan fingerprint density at radius 1 is 0.857 bits per heavy atom. The number of ether oxygens (including phenoxy) is 3. The molecule has 6 nitrogen and oxygen atoms in total. The minimum absolute atomic E-state index is 0.123. The highest BCUT2D eigenvalue weighted by molar-refractivity contribution is 6.03. The fourth-order valence-electron chi connectivity index (χ4n) is 1.37. The molecule has 1 aromatic rings. The van der Waals surface area contributed by atoms with Crippen molar-refractivity contribution >= 4 is 17.9 Å². The molecule has 0 aromatic heterocycles. The first-order valence-electron chi connectivity index (χ1n) is 6.34. The van der Waals surface area contributed by atoms with Gasteiger partial charge in [0.1, 0.15) is 0 Å². The van der Waals surface area contributed by atoms with Crippen LogP contribution in [0.25, 0.3) is 0 Å². The van der Waals surface area contributed by atoms with Crippen molar-refractivity contribution in [1.29, 1.82) is 0 Å². The molecule has 0 aliphatic heterocycles. The second kappa shape index (κ2) is 10.4. The molecule has 21 heavy (non-hydrogen) atoms. The van der Waals surface area contributed by atoms with Crippen LogP contribution in [0.5, 0.6) is 0 Å². The topological polar surface area (TPSA) is 78.9 Å². The molecule has 0 unspecified atom stereocenters. The van der Waals surface area contributed by atoms with E-state index in [2.05, 4.69) is 14.2 Å². The summed E-state index contributed by atoms with van der Waals surface area (Å²) < 4.78 is 13.4. The molecule has 0 spiro atoms. The van der Waals surface area contributed by atoms with Gasteiger partial charge in [-0.2, -0.15) is 0 Å². The Morgan fingerprint density at radius 3 is 1.52 bits per heavy atom. The SMILES string of the molecule is CCCC(=O)OC.COC(=O)c1ccccc1C(=O)OC. The van der Waals surface area contributed by atoms with Crippen LogP contribution in [0.1, 0.15) is 40.5 Å². The highest BCUT2D eigenvalue weighted by Gasteiger charge is 2.16. The van der Waals surface area contributed by atoms with Crippen molar-refractivity contribution in [3.8, 4) is 0 Å². The molecule has 1 rings (SSSR count). The van der Waals surface area contributed by atoms with Crippen LogP contribution in [0.4, 0.5) is 0 Å². The van der Waals surface area contributed by atoms with Gasteiger partial charge in [0.05, 0.1) is 32.5 Å². The third-order valence-electron chi connectivity index (χ3n) is 2.42. The van der Waals surface area contributed by atoms with Gasteiger partial charge < -0.3 is 14.2 Å². The number of esters is 3. The van der Waals surface area contributed by atoms with E-state index in [9.17, 15) is 14.4 Å². The molecule has 0 aliphatic carbocycles. The monoisotopic (exact) mass is 296 g/mol. The maximum Gasteiger partial charge on any atom is 0.338 e. The smallest absolute Gasteiger partial charge is 0.338 e. The molecular formula is C15H20O6. The van der Waals surface area contributed by atoms with Gasteiger partial charge in [0.25, 0.3) is 0 Å². The number of carbonyl (C=O) groups is 3. The van der Waals surface area contributed by atoms with Gasteiger partial charge in [0.2, 0.25) is 0 Å². The Balaban J connectivity index is 0.000000486. The van der Waals surface area contributed by atoms with E-state index < -0.39 is 11.9 Å². The maximum atomic E-state index is 11.2. The second-order valence-electron chi connectivity index (χ2n) is 3.85. The van der Waals surface area contributed by atoms with Crippen LogP contribution in [0, 0.1) is 0 Å². The van der Waals surface area contributed by atoms with Crippen LogP contribution in [0.2, 0.25) is 0 Å². The maximum absolute atomic E-state index is 11.2. The van der Waals surface area contributed by atoms with Crippen LogP contribution in [-0.2, 0) is 19.0 Å². The summed E-state index contributed by atoms with van der Waals surface area (Å²) in [7, 11) is 3.92. The van der Waals surface area contributed by atoms with Crippen molar-refractivity contribution in [3.63, 3.8) is 0 Å². The van der Waals surface area contributed by atoms with E-state index >= 15 is 0 Å². The van der Waals surface area contributed by atoms with E-state index in [1.165, 1.54) is 33.5 Å². The summed E-state index contributed by atoms with van der Waals surface area (Å²) in [6, 6.07) is 6.33. The van der Waals surface area contributed by atoms with Gasteiger partial charge in [-0.3, -0.25) is 4.79 Å². The van der Waals surface area contributed by atoms with Crippen LogP contribution >= 0.6 is 0 Å². The van der Waals surface area contributed by atoms with E-state index in [1.807, 2.05) is 6.92 Å². The first-order chi connectivity index (χ1) is 10.0. The lowest BCUT2D eigenvalue weighted by molar-refractivity contribution is -0.140. The third-order valence-corrected chi connectivity index (χ3v) is 2.42. The molecule has 0 radical (unpaired) electrons. The molecule has 0 fully saturated rings. The van der Waals surface area contributed by atoms with E-state index in [1.54, 1.807) is 12.1 Å². The minimum atomic E-state index is -0.550. The lowest BCUT2D eigenvalue weighted by Crippen LogP contribution is -2.11. The number of hydrogen-bond acceptors (Lipinski definition) is 6. The van der Waals surface area contributed by atoms with Gasteiger partial charge in [-0.25, -0.2) is 9.59 Å². The Bertz CT molecular complexity index is 446. The fourth-order valence-corrected chi connectivity index (χ4v) is 1.37. The molecule has 0 atom stereocenters. The van der Waals surface area contributed by atoms with Crippen molar-refractivity contribution in [2.45, 2.75) is 19.8 Å². The van der Waals surface area contributed by atoms with E-state index in [4.69, 9.17) is 0 Å². The number of benzene rings is 1. The van der Waals surface area contributed by atoms with Crippen molar-refractivity contribution in [2.75, 3.05) is 21.3 Å². The lowest BCUT2D eigenvalue weighted by atomic mass is 10.1. The van der Waals surface area contributed by atoms with Gasteiger partial charge in [-0.15, -0.1) is 0 Å². The molecular weight excluding hydrogens is 276 g/mol. The summed E-state index contributed by atoms with van der Waals surface area (Å²) >= 11 is 0. The molecule has 0 saturated heterocycles. The zero-order valence-corrected chi connectivity index (χ0v) is 12.7. The van der Waals surface area contributed by atoms with Crippen LogP contribution < -0.4 is 0 Å². The molecule has 6 heteroatoms. The summed E-state index contributed by atoms with van der Waals surface area (Å²) in [5.41, 5.74) is 0.420. The summed E-state index contributed by atoms with van der Waals surface area (Å²) in [5, 5.41) is 0. The number of hydrogen-bond donors (Lipinski definition) is 0. The van der Waals surface area contributed by atoms with E-state index in [0.717, 1.165) is 6.42 Å². The molecule has 0 aliphatic rings. The molecule has 0 heterocycles. The summed E-state index contributed by atoms with van der Waals surface area (Å²) in [6.45, 7) is 1.94. The van der Waals surface area contributed by atoms with E-state index in [0.29, 0.717) is 6.42 Å². The Morgan fingerprint density at radius 2 is 1.29 bits per heavy atom. The highest BCUT2D eigenvalue weighted by atomic mass is 16.5. The average molecular weight is 296 g/mol. The van der Waals surface area contributed by atoms with Gasteiger partial charge in [0.15, 0.2) is 0 Å². The molecule has 0 bridgehead atoms. The van der Waals surface area contributed by atoms with Gasteiger partial charge in [-0.1, -0.05) is 19.1 Å². The molecule has 0 saturated carbocycles. The van der Waals surface area contributed by atoms with Crippen LogP contribution in [0.15, 0.2) is 24.3 Å². The predicted octanol–water partition coefficient (Wildman–Crippen LogP) is 2.22. The molecule has 0 N–H and O–H groups in total. The normalized spacial score (nSPS) is 8.95. The summed E-state index contributed by atoms with van der Waals surface area (Å²) in [4.78, 5) is 32.6.